The lowest BCUT2D eigenvalue weighted by molar-refractivity contribution is 0.0660. The summed E-state index contributed by atoms with van der Waals surface area (Å²) in [5.74, 6) is -1.21. The van der Waals surface area contributed by atoms with Crippen molar-refractivity contribution >= 4 is 46.1 Å². The Bertz CT molecular complexity index is 1970. The number of aliphatic hydroxyl groups excluding tert-OH is 2. The molecule has 17 nitrogen and oxygen atoms in total. The van der Waals surface area contributed by atoms with Crippen LogP contribution in [0.1, 0.15) is 34.6 Å². The first kappa shape index (κ1) is 39.2. The zero-order valence-electron chi connectivity index (χ0n) is 28.6. The van der Waals surface area contributed by atoms with E-state index in [4.69, 9.17) is 9.47 Å². The monoisotopic (exact) mass is 726 g/mol. The van der Waals surface area contributed by atoms with Crippen molar-refractivity contribution in [3.05, 3.63) is 120 Å². The third-order valence-corrected chi connectivity index (χ3v) is 7.59. The lowest BCUT2D eigenvalue weighted by atomic mass is 10.1. The SMILES string of the molecule is CC(O)C(NC(=O)OCc1ccccc1)C(=O)n1nnc2ccccc21.CC(O)C(NC(=O)OCc1ccccc1)C(=O)n1nnc2ccccc21.O. The fraction of sp³-hybridized carbons (Fsp3) is 0.222. The van der Waals surface area contributed by atoms with Crippen molar-refractivity contribution in [3.63, 3.8) is 0 Å². The number of carbonyl (C=O) groups excluding carboxylic acids is 4. The summed E-state index contributed by atoms with van der Waals surface area (Å²) in [4.78, 5) is 49.5. The summed E-state index contributed by atoms with van der Waals surface area (Å²) in [7, 11) is 0. The number of aliphatic hydroxyl groups is 2. The molecule has 6 N–H and O–H groups in total. The normalized spacial score (nSPS) is 12.9. The molecule has 4 atom stereocenters. The topological polar surface area (TPSA) is 244 Å². The van der Waals surface area contributed by atoms with Gasteiger partial charge in [-0.1, -0.05) is 95.4 Å². The lowest BCUT2D eigenvalue weighted by Gasteiger charge is -2.19. The summed E-state index contributed by atoms with van der Waals surface area (Å²) < 4.78 is 12.3. The van der Waals surface area contributed by atoms with Crippen LogP contribution in [0.2, 0.25) is 0 Å². The summed E-state index contributed by atoms with van der Waals surface area (Å²) >= 11 is 0. The highest BCUT2D eigenvalue weighted by Gasteiger charge is 2.31. The molecule has 17 heteroatoms. The molecule has 0 aliphatic rings. The van der Waals surface area contributed by atoms with E-state index in [9.17, 15) is 29.4 Å². The molecule has 53 heavy (non-hydrogen) atoms. The van der Waals surface area contributed by atoms with E-state index in [-0.39, 0.29) is 18.7 Å². The molecule has 276 valence electrons. The largest absolute Gasteiger partial charge is 0.445 e. The molecule has 0 saturated heterocycles. The number of carbonyl (C=O) groups is 4. The molecule has 6 rings (SSSR count). The molecule has 2 amide bonds. The van der Waals surface area contributed by atoms with Crippen LogP contribution in [0.3, 0.4) is 0 Å². The molecule has 0 spiro atoms. The van der Waals surface area contributed by atoms with E-state index in [0.717, 1.165) is 20.5 Å². The molecule has 0 saturated carbocycles. The molecule has 0 aliphatic heterocycles. The Hall–Kier alpha value is -6.56. The second-order valence-corrected chi connectivity index (χ2v) is 11.5. The van der Waals surface area contributed by atoms with Gasteiger partial charge in [-0.25, -0.2) is 9.59 Å². The van der Waals surface area contributed by atoms with Gasteiger partial charge in [0.15, 0.2) is 0 Å². The fourth-order valence-electron chi connectivity index (χ4n) is 4.89. The van der Waals surface area contributed by atoms with Crippen molar-refractivity contribution in [2.75, 3.05) is 0 Å². The van der Waals surface area contributed by atoms with E-state index < -0.39 is 48.3 Å². The van der Waals surface area contributed by atoms with Gasteiger partial charge in [0, 0.05) is 0 Å². The van der Waals surface area contributed by atoms with Crippen LogP contribution in [0.25, 0.3) is 22.1 Å². The van der Waals surface area contributed by atoms with Gasteiger partial charge in [0.2, 0.25) is 0 Å². The second kappa shape index (κ2) is 18.6. The highest BCUT2D eigenvalue weighted by Crippen LogP contribution is 2.13. The number of amides is 2. The number of benzene rings is 4. The first-order valence-corrected chi connectivity index (χ1v) is 16.1. The van der Waals surface area contributed by atoms with Gasteiger partial charge in [-0.05, 0) is 49.2 Å². The first-order valence-electron chi connectivity index (χ1n) is 16.1. The predicted octanol–water partition coefficient (Wildman–Crippen LogP) is 2.67. The third-order valence-electron chi connectivity index (χ3n) is 7.59. The molecule has 0 aliphatic carbocycles. The van der Waals surface area contributed by atoms with E-state index in [1.54, 1.807) is 48.5 Å². The van der Waals surface area contributed by atoms with Crippen LogP contribution in [0, 0.1) is 0 Å². The number of fused-ring (bicyclic) bond motifs is 2. The number of nitrogens with zero attached hydrogens (tertiary/aromatic N) is 6. The van der Waals surface area contributed by atoms with E-state index >= 15 is 0 Å². The smallest absolute Gasteiger partial charge is 0.408 e. The van der Waals surface area contributed by atoms with Gasteiger partial charge in [0.1, 0.15) is 36.3 Å². The maximum absolute atomic E-state index is 12.7. The Kier molecular flexibility index (Phi) is 13.8. The maximum Gasteiger partial charge on any atom is 0.408 e. The lowest BCUT2D eigenvalue weighted by Crippen LogP contribution is -2.50. The third kappa shape index (κ3) is 10.3. The van der Waals surface area contributed by atoms with Crippen LogP contribution < -0.4 is 10.6 Å². The number of alkyl carbamates (subject to hydrolysis) is 2. The molecule has 2 aromatic heterocycles. The number of ether oxygens (including phenoxy) is 2. The van der Waals surface area contributed by atoms with E-state index in [1.165, 1.54) is 13.8 Å². The fourth-order valence-corrected chi connectivity index (χ4v) is 4.89. The van der Waals surface area contributed by atoms with Gasteiger partial charge in [-0.15, -0.1) is 10.2 Å². The van der Waals surface area contributed by atoms with Crippen molar-refractivity contribution in [2.45, 2.75) is 51.4 Å². The van der Waals surface area contributed by atoms with Crippen molar-refractivity contribution < 1.29 is 44.3 Å². The average Bonchev–Trinajstić information content (AvgIpc) is 3.80. The Morgan fingerprint density at radius 1 is 0.585 bits per heavy atom. The summed E-state index contributed by atoms with van der Waals surface area (Å²) in [6.07, 6.45) is -3.90. The number of hydrogen-bond donors (Lipinski definition) is 4. The minimum atomic E-state index is -1.22. The van der Waals surface area contributed by atoms with Gasteiger partial charge in [0.25, 0.3) is 11.8 Å². The van der Waals surface area contributed by atoms with E-state index in [2.05, 4.69) is 31.3 Å². The molecule has 0 fully saturated rings. The Morgan fingerprint density at radius 3 is 1.28 bits per heavy atom. The molecule has 4 aromatic carbocycles. The zero-order chi connectivity index (χ0) is 37.0. The van der Waals surface area contributed by atoms with E-state index in [0.29, 0.717) is 22.1 Å². The van der Waals surface area contributed by atoms with Crippen molar-refractivity contribution in [3.8, 4) is 0 Å². The van der Waals surface area contributed by atoms with Crippen molar-refractivity contribution in [2.24, 2.45) is 0 Å². The number of aromatic nitrogens is 6. The standard InChI is InChI=1S/2C18H18N4O4.H2O/c2*1-12(23)16(19-18(25)26-11-13-7-3-2-4-8-13)17(24)22-15-10-6-5-9-14(15)20-21-22;/h2*2-10,12,16,23H,11H2,1H3,(H,19,25);1H2. The predicted molar refractivity (Wildman–Crippen MR) is 190 cm³/mol. The molecule has 2 heterocycles. The first-order chi connectivity index (χ1) is 25.1. The van der Waals surface area contributed by atoms with Crippen molar-refractivity contribution in [1.29, 1.82) is 0 Å². The quantitative estimate of drug-likeness (QED) is 0.159. The number of para-hydroxylation sites is 2. The molecule has 0 radical (unpaired) electrons. The molecular formula is C36H38N8O9. The van der Waals surface area contributed by atoms with Gasteiger partial charge in [-0.2, -0.15) is 9.36 Å². The molecule has 4 unspecified atom stereocenters. The minimum Gasteiger partial charge on any atom is -0.445 e. The highest BCUT2D eigenvalue weighted by molar-refractivity contribution is 5.94. The Labute approximate surface area is 302 Å². The van der Waals surface area contributed by atoms with Crippen LogP contribution in [0.15, 0.2) is 109 Å². The van der Waals surface area contributed by atoms with E-state index in [1.807, 2.05) is 60.7 Å². The number of rotatable bonds is 10. The van der Waals surface area contributed by atoms with Crippen LogP contribution in [-0.2, 0) is 22.7 Å². The Morgan fingerprint density at radius 2 is 0.925 bits per heavy atom. The maximum atomic E-state index is 12.7. The summed E-state index contributed by atoms with van der Waals surface area (Å²) in [6, 6.07) is 29.7. The summed E-state index contributed by atoms with van der Waals surface area (Å²) in [5.41, 5.74) is 3.67. The highest BCUT2D eigenvalue weighted by atomic mass is 16.6. The van der Waals surface area contributed by atoms with Gasteiger partial charge in [0.05, 0.1) is 23.2 Å². The number of hydrogen-bond acceptors (Lipinski definition) is 12. The summed E-state index contributed by atoms with van der Waals surface area (Å²) in [5, 5.41) is 40.1. The Balaban J connectivity index is 0.000000232. The average molecular weight is 727 g/mol. The molecule has 6 aromatic rings. The van der Waals surface area contributed by atoms with Gasteiger partial charge < -0.3 is 35.8 Å². The molecule has 0 bridgehead atoms. The molecular weight excluding hydrogens is 688 g/mol. The zero-order valence-corrected chi connectivity index (χ0v) is 28.6. The van der Waals surface area contributed by atoms with Crippen LogP contribution >= 0.6 is 0 Å². The minimum absolute atomic E-state index is 0. The number of nitrogens with one attached hydrogen (secondary N) is 2. The van der Waals surface area contributed by atoms with Gasteiger partial charge >= 0.3 is 12.2 Å². The van der Waals surface area contributed by atoms with Gasteiger partial charge in [-0.3, -0.25) is 9.59 Å². The van der Waals surface area contributed by atoms with Crippen LogP contribution in [-0.4, -0.2) is 94.0 Å². The van der Waals surface area contributed by atoms with Crippen molar-refractivity contribution in [1.82, 2.24) is 40.6 Å². The second-order valence-electron chi connectivity index (χ2n) is 11.5. The van der Waals surface area contributed by atoms with Crippen LogP contribution in [0.4, 0.5) is 9.59 Å². The van der Waals surface area contributed by atoms with Crippen LogP contribution in [0.5, 0.6) is 0 Å². The summed E-state index contributed by atoms with van der Waals surface area (Å²) in [6.45, 7) is 2.91.